The molecule has 2 N–H and O–H groups in total. The first-order valence-electron chi connectivity index (χ1n) is 8.83. The third-order valence-electron chi connectivity index (χ3n) is 5.90. The molecule has 0 aromatic heterocycles. The van der Waals surface area contributed by atoms with Gasteiger partial charge in [-0.2, -0.15) is 0 Å². The standard InChI is InChI=1S/C18H34N2O/c1-13-5-6-14(11-19)12-20(13)17(21)15-7-9-16(10-8-15)18(2,3)4/h13-16H,5-12,19H2,1-4H3. The van der Waals surface area contributed by atoms with Crippen LogP contribution in [-0.2, 0) is 4.79 Å². The number of hydrogen-bond acceptors (Lipinski definition) is 2. The van der Waals surface area contributed by atoms with Crippen molar-refractivity contribution in [3.63, 3.8) is 0 Å². The second-order valence-electron chi connectivity index (χ2n) is 8.43. The van der Waals surface area contributed by atoms with Crippen LogP contribution in [0.2, 0.25) is 0 Å². The van der Waals surface area contributed by atoms with Crippen molar-refractivity contribution in [2.45, 2.75) is 72.3 Å². The van der Waals surface area contributed by atoms with Crippen molar-refractivity contribution in [1.29, 1.82) is 0 Å². The van der Waals surface area contributed by atoms with Crippen LogP contribution < -0.4 is 5.73 Å². The van der Waals surface area contributed by atoms with Crippen LogP contribution >= 0.6 is 0 Å². The van der Waals surface area contributed by atoms with Gasteiger partial charge in [-0.05, 0) is 69.2 Å². The Labute approximate surface area is 130 Å². The van der Waals surface area contributed by atoms with Crippen molar-refractivity contribution < 1.29 is 4.79 Å². The molecule has 2 atom stereocenters. The van der Waals surface area contributed by atoms with Crippen LogP contribution in [0.1, 0.15) is 66.2 Å². The Kier molecular flexibility index (Phi) is 5.34. The van der Waals surface area contributed by atoms with Crippen LogP contribution in [0.5, 0.6) is 0 Å². The van der Waals surface area contributed by atoms with Crippen LogP contribution in [-0.4, -0.2) is 29.9 Å². The quantitative estimate of drug-likeness (QED) is 0.848. The topological polar surface area (TPSA) is 46.3 Å². The van der Waals surface area contributed by atoms with E-state index in [1.165, 1.54) is 19.3 Å². The number of amides is 1. The molecule has 2 unspecified atom stereocenters. The second-order valence-corrected chi connectivity index (χ2v) is 8.43. The predicted molar refractivity (Wildman–Crippen MR) is 87.9 cm³/mol. The first-order valence-corrected chi connectivity index (χ1v) is 8.83. The minimum absolute atomic E-state index is 0.266. The number of likely N-dealkylation sites (tertiary alicyclic amines) is 1. The van der Waals surface area contributed by atoms with Crippen molar-refractivity contribution in [3.05, 3.63) is 0 Å². The first-order chi connectivity index (χ1) is 9.82. The zero-order valence-electron chi connectivity index (χ0n) is 14.4. The van der Waals surface area contributed by atoms with E-state index >= 15 is 0 Å². The Morgan fingerprint density at radius 2 is 1.71 bits per heavy atom. The molecule has 1 aliphatic carbocycles. The summed E-state index contributed by atoms with van der Waals surface area (Å²) in [5, 5.41) is 0. The van der Waals surface area contributed by atoms with E-state index in [9.17, 15) is 4.79 Å². The molecule has 3 nitrogen and oxygen atoms in total. The molecule has 0 aromatic carbocycles. The zero-order chi connectivity index (χ0) is 15.6. The Morgan fingerprint density at radius 1 is 1.10 bits per heavy atom. The minimum Gasteiger partial charge on any atom is -0.339 e. The highest BCUT2D eigenvalue weighted by Crippen LogP contribution is 2.40. The molecular formula is C18H34N2O. The Bertz CT molecular complexity index is 353. The molecule has 2 rings (SSSR count). The first kappa shape index (κ1) is 16.8. The van der Waals surface area contributed by atoms with Gasteiger partial charge < -0.3 is 10.6 Å². The average molecular weight is 294 g/mol. The smallest absolute Gasteiger partial charge is 0.225 e. The molecular weight excluding hydrogens is 260 g/mol. The summed E-state index contributed by atoms with van der Waals surface area (Å²) in [6, 6.07) is 0.403. The van der Waals surface area contributed by atoms with Gasteiger partial charge in [0.25, 0.3) is 0 Å². The van der Waals surface area contributed by atoms with Gasteiger partial charge in [0.05, 0.1) is 0 Å². The summed E-state index contributed by atoms with van der Waals surface area (Å²) in [5.74, 6) is 1.96. The highest BCUT2D eigenvalue weighted by Gasteiger charge is 2.36. The van der Waals surface area contributed by atoms with E-state index in [2.05, 4.69) is 32.6 Å². The van der Waals surface area contributed by atoms with Gasteiger partial charge in [-0.1, -0.05) is 20.8 Å². The van der Waals surface area contributed by atoms with Gasteiger partial charge in [0, 0.05) is 18.5 Å². The summed E-state index contributed by atoms with van der Waals surface area (Å²) >= 11 is 0. The van der Waals surface area contributed by atoms with Crippen molar-refractivity contribution in [2.75, 3.05) is 13.1 Å². The lowest BCUT2D eigenvalue weighted by Gasteiger charge is -2.42. The van der Waals surface area contributed by atoms with Crippen molar-refractivity contribution in [2.24, 2.45) is 28.9 Å². The van der Waals surface area contributed by atoms with Gasteiger partial charge in [-0.15, -0.1) is 0 Å². The van der Waals surface area contributed by atoms with Crippen molar-refractivity contribution in [1.82, 2.24) is 4.90 Å². The number of carbonyl (C=O) groups excluding carboxylic acids is 1. The third kappa shape index (κ3) is 4.00. The van der Waals surface area contributed by atoms with E-state index in [1.807, 2.05) is 0 Å². The molecule has 21 heavy (non-hydrogen) atoms. The third-order valence-corrected chi connectivity index (χ3v) is 5.90. The Morgan fingerprint density at radius 3 is 2.24 bits per heavy atom. The lowest BCUT2D eigenvalue weighted by Crippen LogP contribution is -2.49. The average Bonchev–Trinajstić information content (AvgIpc) is 2.46. The minimum atomic E-state index is 0.266. The van der Waals surface area contributed by atoms with Crippen LogP contribution in [0.4, 0.5) is 0 Å². The van der Waals surface area contributed by atoms with Gasteiger partial charge in [0.15, 0.2) is 0 Å². The fraction of sp³-hybridized carbons (Fsp3) is 0.944. The number of carbonyl (C=O) groups is 1. The maximum Gasteiger partial charge on any atom is 0.225 e. The maximum atomic E-state index is 12.9. The summed E-state index contributed by atoms with van der Waals surface area (Å²) in [6.07, 6.45) is 6.88. The van der Waals surface area contributed by atoms with E-state index in [-0.39, 0.29) is 5.92 Å². The van der Waals surface area contributed by atoms with Gasteiger partial charge in [-0.25, -0.2) is 0 Å². The van der Waals surface area contributed by atoms with Crippen molar-refractivity contribution in [3.8, 4) is 0 Å². The summed E-state index contributed by atoms with van der Waals surface area (Å²) in [7, 11) is 0. The number of nitrogens with two attached hydrogens (primary N) is 1. The normalized spacial score (nSPS) is 34.8. The Hall–Kier alpha value is -0.570. The van der Waals surface area contributed by atoms with Gasteiger partial charge >= 0.3 is 0 Å². The van der Waals surface area contributed by atoms with E-state index < -0.39 is 0 Å². The molecule has 1 saturated carbocycles. The van der Waals surface area contributed by atoms with Gasteiger partial charge in [-0.3, -0.25) is 4.79 Å². The summed E-state index contributed by atoms with van der Waals surface area (Å²) in [6.45, 7) is 10.8. The van der Waals surface area contributed by atoms with Crippen molar-refractivity contribution >= 4 is 5.91 Å². The number of nitrogens with zero attached hydrogens (tertiary/aromatic N) is 1. The Balaban J connectivity index is 1.92. The second kappa shape index (κ2) is 6.68. The van der Waals surface area contributed by atoms with Gasteiger partial charge in [0.1, 0.15) is 0 Å². The molecule has 0 spiro atoms. The monoisotopic (exact) mass is 294 g/mol. The molecule has 0 aromatic rings. The molecule has 122 valence electrons. The SMILES string of the molecule is CC1CCC(CN)CN1C(=O)C1CCC(C(C)(C)C)CC1. The fourth-order valence-corrected chi connectivity index (χ4v) is 4.12. The van der Waals surface area contributed by atoms with Gasteiger partial charge in [0.2, 0.25) is 5.91 Å². The summed E-state index contributed by atoms with van der Waals surface area (Å²) < 4.78 is 0. The zero-order valence-corrected chi connectivity index (χ0v) is 14.4. The van der Waals surface area contributed by atoms with Crippen LogP contribution in [0.15, 0.2) is 0 Å². The maximum absolute atomic E-state index is 12.9. The highest BCUT2D eigenvalue weighted by molar-refractivity contribution is 5.79. The number of piperidine rings is 1. The highest BCUT2D eigenvalue weighted by atomic mass is 16.2. The molecule has 2 fully saturated rings. The van der Waals surface area contributed by atoms with Crippen LogP contribution in [0.3, 0.4) is 0 Å². The van der Waals surface area contributed by atoms with Crippen LogP contribution in [0.25, 0.3) is 0 Å². The van der Waals surface area contributed by atoms with E-state index in [0.29, 0.717) is 29.8 Å². The van der Waals surface area contributed by atoms with Crippen LogP contribution in [0, 0.1) is 23.2 Å². The molecule has 1 amide bonds. The molecule has 1 heterocycles. The van der Waals surface area contributed by atoms with E-state index in [1.54, 1.807) is 0 Å². The fourth-order valence-electron chi connectivity index (χ4n) is 4.12. The number of rotatable bonds is 2. The predicted octanol–water partition coefficient (Wildman–Crippen LogP) is 3.42. The molecule has 1 aliphatic heterocycles. The summed E-state index contributed by atoms with van der Waals surface area (Å²) in [5.41, 5.74) is 6.20. The number of hydrogen-bond donors (Lipinski definition) is 1. The molecule has 2 aliphatic rings. The van der Waals surface area contributed by atoms with E-state index in [0.717, 1.165) is 31.7 Å². The molecule has 3 heteroatoms. The molecule has 0 bridgehead atoms. The molecule has 0 radical (unpaired) electrons. The summed E-state index contributed by atoms with van der Waals surface area (Å²) in [4.78, 5) is 15.0. The lowest BCUT2D eigenvalue weighted by atomic mass is 9.69. The largest absolute Gasteiger partial charge is 0.339 e. The lowest BCUT2D eigenvalue weighted by molar-refractivity contribution is -0.141. The molecule has 1 saturated heterocycles. The van der Waals surface area contributed by atoms with E-state index in [4.69, 9.17) is 5.73 Å².